The van der Waals surface area contributed by atoms with Crippen LogP contribution in [-0.2, 0) is 25.9 Å². The minimum absolute atomic E-state index is 0.0709. The zero-order valence-electron chi connectivity index (χ0n) is 15.8. The molecule has 1 aromatic heterocycles. The summed E-state index contributed by atoms with van der Waals surface area (Å²) in [5.41, 5.74) is 3.10. The Bertz CT molecular complexity index is 782. The first-order chi connectivity index (χ1) is 13.1. The molecule has 27 heavy (non-hydrogen) atoms. The molecule has 1 aliphatic rings. The van der Waals surface area contributed by atoms with Crippen molar-refractivity contribution in [2.24, 2.45) is 5.92 Å². The summed E-state index contributed by atoms with van der Waals surface area (Å²) in [6.07, 6.45) is 5.32. The molecule has 1 atom stereocenters. The number of urea groups is 1. The number of carbonyl (C=O) groups is 1. The second-order valence-electron chi connectivity index (χ2n) is 6.93. The van der Waals surface area contributed by atoms with E-state index in [1.54, 1.807) is 16.7 Å². The van der Waals surface area contributed by atoms with Crippen molar-refractivity contribution >= 4 is 17.8 Å². The van der Waals surface area contributed by atoms with Crippen molar-refractivity contribution < 1.29 is 9.90 Å². The van der Waals surface area contributed by atoms with Gasteiger partial charge in [0, 0.05) is 37.2 Å². The number of hydrogen-bond acceptors (Lipinski definition) is 5. The van der Waals surface area contributed by atoms with E-state index in [1.807, 2.05) is 31.5 Å². The second kappa shape index (κ2) is 9.19. The summed E-state index contributed by atoms with van der Waals surface area (Å²) < 4.78 is 0. The molecule has 2 amide bonds. The normalized spacial score (nSPS) is 14.6. The van der Waals surface area contributed by atoms with Gasteiger partial charge in [0.2, 0.25) is 0 Å². The Morgan fingerprint density at radius 2 is 2.15 bits per heavy atom. The van der Waals surface area contributed by atoms with E-state index in [0.29, 0.717) is 26.1 Å². The van der Waals surface area contributed by atoms with Crippen LogP contribution in [-0.4, -0.2) is 45.4 Å². The highest BCUT2D eigenvalue weighted by atomic mass is 32.2. The summed E-state index contributed by atoms with van der Waals surface area (Å²) in [7, 11) is 0. The van der Waals surface area contributed by atoms with Crippen molar-refractivity contribution in [2.45, 2.75) is 37.8 Å². The molecule has 0 fully saturated rings. The van der Waals surface area contributed by atoms with E-state index < -0.39 is 0 Å². The highest BCUT2D eigenvalue weighted by Crippen LogP contribution is 2.18. The third kappa shape index (κ3) is 5.20. The van der Waals surface area contributed by atoms with Crippen LogP contribution in [0.3, 0.4) is 0 Å². The maximum absolute atomic E-state index is 12.5. The zero-order valence-corrected chi connectivity index (χ0v) is 16.6. The lowest BCUT2D eigenvalue weighted by Gasteiger charge is -2.28. The van der Waals surface area contributed by atoms with Gasteiger partial charge in [0.25, 0.3) is 0 Å². The first-order valence-electron chi connectivity index (χ1n) is 9.19. The summed E-state index contributed by atoms with van der Waals surface area (Å²) in [6.45, 7) is 3.76. The number of aromatic nitrogens is 2. The Morgan fingerprint density at radius 1 is 1.37 bits per heavy atom. The topological polar surface area (TPSA) is 78.4 Å². The van der Waals surface area contributed by atoms with Crippen molar-refractivity contribution in [2.75, 3.05) is 19.4 Å². The lowest BCUT2D eigenvalue weighted by atomic mass is 10.1. The summed E-state index contributed by atoms with van der Waals surface area (Å²) in [5, 5.41) is 12.2. The molecule has 144 valence electrons. The largest absolute Gasteiger partial charge is 0.396 e. The number of aliphatic hydroxyl groups excluding tert-OH is 1. The van der Waals surface area contributed by atoms with Gasteiger partial charge in [-0.1, -0.05) is 19.1 Å². The number of rotatable bonds is 6. The lowest BCUT2D eigenvalue weighted by molar-refractivity contribution is 0.190. The maximum atomic E-state index is 12.5. The number of hydrogen-bond donors (Lipinski definition) is 2. The van der Waals surface area contributed by atoms with Crippen molar-refractivity contribution in [1.29, 1.82) is 0 Å². The molecule has 2 heterocycles. The van der Waals surface area contributed by atoms with E-state index in [0.717, 1.165) is 29.1 Å². The quantitative estimate of drug-likeness (QED) is 0.746. The van der Waals surface area contributed by atoms with Gasteiger partial charge in [-0.2, -0.15) is 0 Å². The van der Waals surface area contributed by atoms with Crippen LogP contribution < -0.4 is 5.32 Å². The molecule has 0 unspecified atom stereocenters. The van der Waals surface area contributed by atoms with Crippen molar-refractivity contribution in [3.05, 3.63) is 53.1 Å². The number of benzene rings is 1. The van der Waals surface area contributed by atoms with Gasteiger partial charge in [-0.25, -0.2) is 14.8 Å². The lowest BCUT2D eigenvalue weighted by Crippen LogP contribution is -2.42. The maximum Gasteiger partial charge on any atom is 0.318 e. The molecule has 0 radical (unpaired) electrons. The fraction of sp³-hybridized carbons (Fsp3) is 0.450. The summed E-state index contributed by atoms with van der Waals surface area (Å²) >= 11 is 1.70. The van der Waals surface area contributed by atoms with E-state index >= 15 is 0 Å². The molecule has 6 nitrogen and oxygen atoms in total. The van der Waals surface area contributed by atoms with Gasteiger partial charge < -0.3 is 15.3 Å². The van der Waals surface area contributed by atoms with Crippen LogP contribution in [0.15, 0.2) is 35.4 Å². The Hall–Kier alpha value is -2.12. The fourth-order valence-corrected chi connectivity index (χ4v) is 3.43. The van der Waals surface area contributed by atoms with Crippen LogP contribution in [0, 0.1) is 5.92 Å². The predicted molar refractivity (Wildman–Crippen MR) is 107 cm³/mol. The Labute approximate surface area is 164 Å². The van der Waals surface area contributed by atoms with Crippen LogP contribution in [0.1, 0.15) is 29.6 Å². The molecule has 0 aliphatic carbocycles. The smallest absolute Gasteiger partial charge is 0.318 e. The monoisotopic (exact) mass is 386 g/mol. The Kier molecular flexibility index (Phi) is 6.68. The Morgan fingerprint density at radius 3 is 2.85 bits per heavy atom. The predicted octanol–water partition coefficient (Wildman–Crippen LogP) is 2.64. The van der Waals surface area contributed by atoms with Crippen LogP contribution in [0.5, 0.6) is 0 Å². The summed E-state index contributed by atoms with van der Waals surface area (Å²) in [5.74, 6) is 0.856. The van der Waals surface area contributed by atoms with Crippen LogP contribution in [0.2, 0.25) is 0 Å². The van der Waals surface area contributed by atoms with Gasteiger partial charge in [-0.3, -0.25) is 0 Å². The van der Waals surface area contributed by atoms with E-state index in [4.69, 9.17) is 0 Å². The summed E-state index contributed by atoms with van der Waals surface area (Å²) in [4.78, 5) is 24.6. The van der Waals surface area contributed by atoms with E-state index in [-0.39, 0.29) is 18.6 Å². The van der Waals surface area contributed by atoms with Gasteiger partial charge in [-0.15, -0.1) is 11.8 Å². The van der Waals surface area contributed by atoms with Crippen LogP contribution in [0.25, 0.3) is 0 Å². The molecule has 0 spiro atoms. The minimum Gasteiger partial charge on any atom is -0.396 e. The molecule has 1 aromatic carbocycles. The molecule has 2 N–H and O–H groups in total. The average Bonchev–Trinajstić information content (AvgIpc) is 2.71. The van der Waals surface area contributed by atoms with Gasteiger partial charge >= 0.3 is 6.03 Å². The minimum atomic E-state index is -0.0709. The fourth-order valence-electron chi connectivity index (χ4n) is 3.03. The number of nitrogens with one attached hydrogen (secondary N) is 1. The van der Waals surface area contributed by atoms with Crippen LogP contribution in [0.4, 0.5) is 4.79 Å². The number of nitrogens with zero attached hydrogens (tertiary/aromatic N) is 3. The molecule has 2 aromatic rings. The first kappa shape index (κ1) is 19.6. The third-order valence-corrected chi connectivity index (χ3v) is 5.47. The van der Waals surface area contributed by atoms with Crippen molar-refractivity contribution in [1.82, 2.24) is 20.2 Å². The summed E-state index contributed by atoms with van der Waals surface area (Å²) in [6, 6.07) is 8.14. The van der Waals surface area contributed by atoms with Gasteiger partial charge in [0.05, 0.1) is 12.2 Å². The standard InChI is InChI=1S/C20H26N4O2S/c1-14(13-25)9-19-21-11-16-7-8-24(12-18(16)23-19)20(26)22-10-15-3-5-17(27-2)6-4-15/h3-6,11,14,25H,7-10,12-13H2,1-2H3,(H,22,26)/t14-/m1/s1. The second-order valence-corrected chi connectivity index (χ2v) is 7.81. The van der Waals surface area contributed by atoms with E-state index in [9.17, 15) is 9.90 Å². The van der Waals surface area contributed by atoms with Gasteiger partial charge in [-0.05, 0) is 41.9 Å². The number of thioether (sulfide) groups is 1. The molecular formula is C20H26N4O2S. The molecule has 3 rings (SSSR count). The van der Waals surface area contributed by atoms with Crippen molar-refractivity contribution in [3.63, 3.8) is 0 Å². The van der Waals surface area contributed by atoms with Crippen LogP contribution >= 0.6 is 11.8 Å². The van der Waals surface area contributed by atoms with E-state index in [1.165, 1.54) is 4.90 Å². The first-order valence-corrected chi connectivity index (χ1v) is 10.4. The van der Waals surface area contributed by atoms with E-state index in [2.05, 4.69) is 27.4 Å². The molecule has 0 saturated heterocycles. The molecule has 7 heteroatoms. The van der Waals surface area contributed by atoms with Gasteiger partial charge in [0.15, 0.2) is 0 Å². The SMILES string of the molecule is CSc1ccc(CNC(=O)N2CCc3cnc(C[C@@H](C)CO)nc3C2)cc1. The third-order valence-electron chi connectivity index (χ3n) is 4.73. The van der Waals surface area contributed by atoms with Crippen molar-refractivity contribution in [3.8, 4) is 0 Å². The Balaban J connectivity index is 1.58. The number of carbonyl (C=O) groups excluding carboxylic acids is 1. The number of fused-ring (bicyclic) bond motifs is 1. The average molecular weight is 387 g/mol. The highest BCUT2D eigenvalue weighted by Gasteiger charge is 2.22. The molecular weight excluding hydrogens is 360 g/mol. The number of aliphatic hydroxyl groups is 1. The van der Waals surface area contributed by atoms with Gasteiger partial charge in [0.1, 0.15) is 5.82 Å². The molecule has 1 aliphatic heterocycles. The number of amides is 2. The highest BCUT2D eigenvalue weighted by molar-refractivity contribution is 7.98. The molecule has 0 bridgehead atoms. The molecule has 0 saturated carbocycles. The zero-order chi connectivity index (χ0) is 19.2.